The van der Waals surface area contributed by atoms with Crippen LogP contribution in [0.25, 0.3) is 5.57 Å². The van der Waals surface area contributed by atoms with Gasteiger partial charge in [-0.25, -0.2) is 0 Å². The molecule has 132 valence electrons. The lowest BCUT2D eigenvalue weighted by Gasteiger charge is -2.30. The van der Waals surface area contributed by atoms with Crippen LogP contribution in [-0.2, 0) is 0 Å². The van der Waals surface area contributed by atoms with E-state index in [0.29, 0.717) is 11.8 Å². The van der Waals surface area contributed by atoms with E-state index in [1.165, 1.54) is 55.2 Å². The van der Waals surface area contributed by atoms with Crippen molar-refractivity contribution in [3.05, 3.63) is 59.0 Å². The van der Waals surface area contributed by atoms with Crippen LogP contribution >= 0.6 is 0 Å². The van der Waals surface area contributed by atoms with E-state index in [1.54, 1.807) is 0 Å². The third-order valence-corrected chi connectivity index (χ3v) is 6.23. The number of benzene rings is 1. The Morgan fingerprint density at radius 3 is 2.52 bits per heavy atom. The van der Waals surface area contributed by atoms with Crippen LogP contribution in [0.3, 0.4) is 0 Å². The van der Waals surface area contributed by atoms with E-state index < -0.39 is 0 Å². The van der Waals surface area contributed by atoms with Crippen molar-refractivity contribution in [1.82, 2.24) is 5.16 Å². The number of hydrogen-bond acceptors (Lipinski definition) is 2. The van der Waals surface area contributed by atoms with Crippen LogP contribution < -0.4 is 0 Å². The third-order valence-electron chi connectivity index (χ3n) is 6.23. The summed E-state index contributed by atoms with van der Waals surface area (Å²) in [5.41, 5.74) is 5.24. The molecule has 0 aliphatic heterocycles. The average molecular weight is 335 g/mol. The molecule has 1 saturated carbocycles. The maximum absolute atomic E-state index is 5.47. The number of aryl methyl sites for hydroxylation is 2. The van der Waals surface area contributed by atoms with Crippen molar-refractivity contribution in [1.29, 1.82) is 0 Å². The number of hydrogen-bond donors (Lipinski definition) is 0. The molecule has 0 N–H and O–H groups in total. The summed E-state index contributed by atoms with van der Waals surface area (Å²) in [6.45, 7) is 4.12. The molecule has 2 atom stereocenters. The van der Waals surface area contributed by atoms with E-state index >= 15 is 0 Å². The Balaban J connectivity index is 1.64. The molecule has 0 spiro atoms. The van der Waals surface area contributed by atoms with Crippen LogP contribution in [0.2, 0.25) is 0 Å². The molecule has 1 fully saturated rings. The molecule has 25 heavy (non-hydrogen) atoms. The topological polar surface area (TPSA) is 26.0 Å². The largest absolute Gasteiger partial charge is 0.361 e. The summed E-state index contributed by atoms with van der Waals surface area (Å²) in [4.78, 5) is 0. The highest BCUT2D eigenvalue weighted by atomic mass is 16.5. The van der Waals surface area contributed by atoms with Crippen molar-refractivity contribution in [3.8, 4) is 0 Å². The fraction of sp³-hybridized carbons (Fsp3) is 0.522. The summed E-state index contributed by atoms with van der Waals surface area (Å²) in [6.07, 6.45) is 12.0. The van der Waals surface area contributed by atoms with Crippen molar-refractivity contribution in [3.63, 3.8) is 0 Å². The Morgan fingerprint density at radius 1 is 1.08 bits per heavy atom. The molecule has 0 amide bonds. The molecule has 1 aromatic heterocycles. The van der Waals surface area contributed by atoms with Gasteiger partial charge in [-0.3, -0.25) is 0 Å². The van der Waals surface area contributed by atoms with Gasteiger partial charge in [0.25, 0.3) is 0 Å². The summed E-state index contributed by atoms with van der Waals surface area (Å²) >= 11 is 0. The fourth-order valence-electron chi connectivity index (χ4n) is 5.08. The highest BCUT2D eigenvalue weighted by molar-refractivity contribution is 5.70. The van der Waals surface area contributed by atoms with E-state index in [9.17, 15) is 0 Å². The average Bonchev–Trinajstić information content (AvgIpc) is 3.25. The Kier molecular flexibility index (Phi) is 4.78. The van der Waals surface area contributed by atoms with Gasteiger partial charge in [0.05, 0.1) is 5.69 Å². The van der Waals surface area contributed by atoms with E-state index in [2.05, 4.69) is 48.5 Å². The SMILES string of the molecule is Cc1noc(C)c1C1=CC(CC2CCCC2)CC(c2ccccc2)C1. The van der Waals surface area contributed by atoms with Crippen molar-refractivity contribution in [2.75, 3.05) is 0 Å². The molecule has 1 aromatic carbocycles. The van der Waals surface area contributed by atoms with Crippen molar-refractivity contribution < 1.29 is 4.52 Å². The summed E-state index contributed by atoms with van der Waals surface area (Å²) in [5.74, 6) is 3.20. The maximum atomic E-state index is 5.47. The zero-order valence-corrected chi connectivity index (χ0v) is 15.5. The lowest BCUT2D eigenvalue weighted by atomic mass is 9.74. The molecule has 2 aromatic rings. The molecular weight excluding hydrogens is 306 g/mol. The lowest BCUT2D eigenvalue weighted by molar-refractivity contribution is 0.377. The molecule has 0 radical (unpaired) electrons. The molecule has 0 bridgehead atoms. The Labute approximate surface area is 151 Å². The second kappa shape index (κ2) is 7.19. The molecule has 0 saturated heterocycles. The maximum Gasteiger partial charge on any atom is 0.141 e. The highest BCUT2D eigenvalue weighted by Crippen LogP contribution is 2.44. The van der Waals surface area contributed by atoms with Crippen LogP contribution in [0, 0.1) is 25.7 Å². The number of nitrogens with zero attached hydrogens (tertiary/aromatic N) is 1. The highest BCUT2D eigenvalue weighted by Gasteiger charge is 2.29. The van der Waals surface area contributed by atoms with E-state index in [4.69, 9.17) is 4.52 Å². The minimum absolute atomic E-state index is 0.612. The molecule has 2 heteroatoms. The van der Waals surface area contributed by atoms with Crippen LogP contribution in [0.5, 0.6) is 0 Å². The minimum Gasteiger partial charge on any atom is -0.361 e. The van der Waals surface area contributed by atoms with Gasteiger partial charge in [0.15, 0.2) is 0 Å². The first-order valence-corrected chi connectivity index (χ1v) is 9.89. The molecule has 2 aliphatic carbocycles. The van der Waals surface area contributed by atoms with Gasteiger partial charge in [-0.05, 0) is 62.0 Å². The Bertz CT molecular complexity index is 717. The van der Waals surface area contributed by atoms with Gasteiger partial charge < -0.3 is 4.52 Å². The number of aromatic nitrogens is 1. The molecule has 2 aliphatic rings. The van der Waals surface area contributed by atoms with Gasteiger partial charge in [0.1, 0.15) is 5.76 Å². The predicted molar refractivity (Wildman–Crippen MR) is 102 cm³/mol. The quantitative estimate of drug-likeness (QED) is 0.642. The first-order chi connectivity index (χ1) is 12.2. The smallest absolute Gasteiger partial charge is 0.141 e. The summed E-state index contributed by atoms with van der Waals surface area (Å²) in [7, 11) is 0. The zero-order valence-electron chi connectivity index (χ0n) is 15.5. The van der Waals surface area contributed by atoms with Gasteiger partial charge in [0, 0.05) is 5.56 Å². The van der Waals surface area contributed by atoms with Gasteiger partial charge in [0.2, 0.25) is 0 Å². The van der Waals surface area contributed by atoms with Crippen LogP contribution in [0.15, 0.2) is 40.9 Å². The zero-order chi connectivity index (χ0) is 17.2. The summed E-state index contributed by atoms with van der Waals surface area (Å²) < 4.78 is 5.47. The summed E-state index contributed by atoms with van der Waals surface area (Å²) in [6, 6.07) is 11.1. The van der Waals surface area contributed by atoms with E-state index in [1.807, 2.05) is 6.92 Å². The van der Waals surface area contributed by atoms with E-state index in [-0.39, 0.29) is 0 Å². The fourth-order valence-corrected chi connectivity index (χ4v) is 5.08. The molecule has 2 nitrogen and oxygen atoms in total. The minimum atomic E-state index is 0.612. The predicted octanol–water partition coefficient (Wildman–Crippen LogP) is 6.45. The third kappa shape index (κ3) is 3.58. The molecule has 4 rings (SSSR count). The van der Waals surface area contributed by atoms with Crippen molar-refractivity contribution in [2.45, 2.75) is 64.7 Å². The van der Waals surface area contributed by atoms with Crippen LogP contribution in [0.1, 0.15) is 73.4 Å². The monoisotopic (exact) mass is 335 g/mol. The lowest BCUT2D eigenvalue weighted by Crippen LogP contribution is -2.16. The number of allylic oxidation sites excluding steroid dienone is 2. The number of rotatable bonds is 4. The van der Waals surface area contributed by atoms with Gasteiger partial charge in [-0.2, -0.15) is 0 Å². The molecule has 2 unspecified atom stereocenters. The van der Waals surface area contributed by atoms with E-state index in [0.717, 1.165) is 23.8 Å². The van der Waals surface area contributed by atoms with Gasteiger partial charge in [-0.15, -0.1) is 0 Å². The Hall–Kier alpha value is -1.83. The van der Waals surface area contributed by atoms with Gasteiger partial charge in [-0.1, -0.05) is 67.2 Å². The second-order valence-electron chi connectivity index (χ2n) is 8.08. The van der Waals surface area contributed by atoms with Crippen LogP contribution in [0.4, 0.5) is 0 Å². The molecular formula is C23H29NO. The first-order valence-electron chi connectivity index (χ1n) is 9.89. The van der Waals surface area contributed by atoms with Gasteiger partial charge >= 0.3 is 0 Å². The van der Waals surface area contributed by atoms with Crippen molar-refractivity contribution >= 4 is 5.57 Å². The normalized spacial score (nSPS) is 24.5. The van der Waals surface area contributed by atoms with Crippen LogP contribution in [-0.4, -0.2) is 5.16 Å². The van der Waals surface area contributed by atoms with Crippen molar-refractivity contribution in [2.24, 2.45) is 11.8 Å². The second-order valence-corrected chi connectivity index (χ2v) is 8.08. The molecule has 1 heterocycles. The summed E-state index contributed by atoms with van der Waals surface area (Å²) in [5, 5.41) is 4.20. The first kappa shape index (κ1) is 16.6. The Morgan fingerprint density at radius 2 is 1.84 bits per heavy atom. The standard InChI is InChI=1S/C23H29NO/c1-16-23(17(2)25-24-16)22-14-19(12-18-8-6-7-9-18)13-21(15-22)20-10-4-3-5-11-20/h3-5,10-11,14,18-19,21H,6-9,12-13,15H2,1-2H3.